The van der Waals surface area contributed by atoms with Gasteiger partial charge in [0, 0.05) is 16.1 Å². The average molecular weight is 287 g/mol. The molecule has 0 amide bonds. The lowest BCUT2D eigenvalue weighted by Crippen LogP contribution is -2.02. The van der Waals surface area contributed by atoms with E-state index in [1.807, 2.05) is 0 Å². The average Bonchev–Trinajstić information content (AvgIpc) is 2.25. The second-order valence-electron chi connectivity index (χ2n) is 3.39. The summed E-state index contributed by atoms with van der Waals surface area (Å²) in [5, 5.41) is 9.58. The molecule has 0 aliphatic heterocycles. The predicted molar refractivity (Wildman–Crippen MR) is 67.2 cm³/mol. The van der Waals surface area contributed by atoms with Crippen molar-refractivity contribution in [3.63, 3.8) is 0 Å². The van der Waals surface area contributed by atoms with Crippen molar-refractivity contribution in [2.24, 2.45) is 0 Å². The maximum Gasteiger partial charge on any atom is 0.129 e. The van der Waals surface area contributed by atoms with Crippen molar-refractivity contribution >= 4 is 15.9 Å². The molecule has 0 saturated heterocycles. The van der Waals surface area contributed by atoms with Gasteiger partial charge < -0.3 is 14.6 Å². The van der Waals surface area contributed by atoms with Crippen molar-refractivity contribution in [2.75, 3.05) is 13.7 Å². The van der Waals surface area contributed by atoms with Crippen LogP contribution in [0.2, 0.25) is 0 Å². The van der Waals surface area contributed by atoms with Crippen LogP contribution in [0.5, 0.6) is 11.5 Å². The van der Waals surface area contributed by atoms with Gasteiger partial charge in [-0.05, 0) is 19.1 Å². The predicted octanol–water partition coefficient (Wildman–Crippen LogP) is 3.04. The van der Waals surface area contributed by atoms with Gasteiger partial charge >= 0.3 is 0 Å². The third-order valence-electron chi connectivity index (χ3n) is 2.06. The molecule has 16 heavy (non-hydrogen) atoms. The van der Waals surface area contributed by atoms with Gasteiger partial charge in [-0.1, -0.05) is 22.5 Å². The second-order valence-corrected chi connectivity index (χ2v) is 4.51. The number of ether oxygens (including phenoxy) is 2. The Morgan fingerprint density at radius 1 is 1.56 bits per heavy atom. The Hall–Kier alpha value is -1.00. The maximum absolute atomic E-state index is 9.58. The van der Waals surface area contributed by atoms with Crippen molar-refractivity contribution in [1.82, 2.24) is 0 Å². The molecule has 88 valence electrons. The standard InChI is InChI=1S/C12H15BrO3/c1-8(13)7-16-12-6-10(15-3)4-5-11(12)9(2)14/h4-6,9,14H,1,7H2,2-3H3/t9-/m0/s1. The Labute approximate surface area is 104 Å². The van der Waals surface area contributed by atoms with Gasteiger partial charge in [-0.15, -0.1) is 0 Å². The molecule has 0 aliphatic rings. The SMILES string of the molecule is C=C(Br)COc1cc(OC)ccc1[C@H](C)O. The molecule has 4 heteroatoms. The summed E-state index contributed by atoms with van der Waals surface area (Å²) >= 11 is 3.22. The third kappa shape index (κ3) is 3.54. The van der Waals surface area contributed by atoms with Crippen LogP contribution >= 0.6 is 15.9 Å². The molecule has 0 saturated carbocycles. The highest BCUT2D eigenvalue weighted by Crippen LogP contribution is 2.29. The van der Waals surface area contributed by atoms with Gasteiger partial charge in [0.1, 0.15) is 18.1 Å². The van der Waals surface area contributed by atoms with E-state index in [0.29, 0.717) is 18.1 Å². The molecule has 1 aromatic rings. The highest BCUT2D eigenvalue weighted by molar-refractivity contribution is 9.11. The first-order valence-electron chi connectivity index (χ1n) is 4.86. The van der Waals surface area contributed by atoms with Crippen molar-refractivity contribution in [1.29, 1.82) is 0 Å². The van der Waals surface area contributed by atoms with Crippen LogP contribution < -0.4 is 9.47 Å². The Kier molecular flexibility index (Phi) is 4.83. The van der Waals surface area contributed by atoms with E-state index in [-0.39, 0.29) is 0 Å². The highest BCUT2D eigenvalue weighted by Gasteiger charge is 2.10. The Morgan fingerprint density at radius 2 is 2.25 bits per heavy atom. The molecule has 0 radical (unpaired) electrons. The van der Waals surface area contributed by atoms with Gasteiger partial charge in [0.15, 0.2) is 0 Å². The van der Waals surface area contributed by atoms with E-state index in [9.17, 15) is 5.11 Å². The van der Waals surface area contributed by atoms with E-state index < -0.39 is 6.10 Å². The lowest BCUT2D eigenvalue weighted by molar-refractivity contribution is 0.192. The third-order valence-corrected chi connectivity index (χ3v) is 2.28. The summed E-state index contributed by atoms with van der Waals surface area (Å²) in [6.07, 6.45) is -0.579. The van der Waals surface area contributed by atoms with Crippen LogP contribution in [0.25, 0.3) is 0 Å². The fourth-order valence-electron chi connectivity index (χ4n) is 1.27. The largest absolute Gasteiger partial charge is 0.497 e. The van der Waals surface area contributed by atoms with Gasteiger partial charge in [-0.2, -0.15) is 0 Å². The van der Waals surface area contributed by atoms with Crippen LogP contribution in [-0.2, 0) is 0 Å². The molecule has 0 aromatic heterocycles. The first-order chi connectivity index (χ1) is 7.54. The molecule has 3 nitrogen and oxygen atoms in total. The number of benzene rings is 1. The van der Waals surface area contributed by atoms with Gasteiger partial charge in [0.25, 0.3) is 0 Å². The zero-order valence-corrected chi connectivity index (χ0v) is 11.0. The first kappa shape index (κ1) is 13.1. The monoisotopic (exact) mass is 286 g/mol. The van der Waals surface area contributed by atoms with Gasteiger partial charge in [-0.25, -0.2) is 0 Å². The number of methoxy groups -OCH3 is 1. The van der Waals surface area contributed by atoms with Crippen molar-refractivity contribution in [3.8, 4) is 11.5 Å². The number of hydrogen-bond donors (Lipinski definition) is 1. The van der Waals surface area contributed by atoms with E-state index >= 15 is 0 Å². The molecule has 1 atom stereocenters. The minimum absolute atomic E-state index is 0.354. The molecule has 0 heterocycles. The molecule has 0 unspecified atom stereocenters. The molecule has 1 N–H and O–H groups in total. The van der Waals surface area contributed by atoms with Crippen LogP contribution in [-0.4, -0.2) is 18.8 Å². The fourth-order valence-corrected chi connectivity index (χ4v) is 1.38. The summed E-state index contributed by atoms with van der Waals surface area (Å²) in [4.78, 5) is 0. The van der Waals surface area contributed by atoms with E-state index in [0.717, 1.165) is 10.0 Å². The molecule has 1 aromatic carbocycles. The smallest absolute Gasteiger partial charge is 0.129 e. The summed E-state index contributed by atoms with van der Waals surface area (Å²) in [5.74, 6) is 1.30. The van der Waals surface area contributed by atoms with Crippen molar-refractivity contribution in [3.05, 3.63) is 34.8 Å². The highest BCUT2D eigenvalue weighted by atomic mass is 79.9. The van der Waals surface area contributed by atoms with Gasteiger partial charge in [-0.3, -0.25) is 0 Å². The summed E-state index contributed by atoms with van der Waals surface area (Å²) in [6.45, 7) is 5.73. The van der Waals surface area contributed by atoms with Crippen molar-refractivity contribution < 1.29 is 14.6 Å². The van der Waals surface area contributed by atoms with Crippen LogP contribution in [0, 0.1) is 0 Å². The summed E-state index contributed by atoms with van der Waals surface area (Å²) in [5.41, 5.74) is 0.731. The summed E-state index contributed by atoms with van der Waals surface area (Å²) in [6, 6.07) is 5.33. The summed E-state index contributed by atoms with van der Waals surface area (Å²) < 4.78 is 11.4. The van der Waals surface area contributed by atoms with Crippen LogP contribution in [0.4, 0.5) is 0 Å². The maximum atomic E-state index is 9.58. The first-order valence-corrected chi connectivity index (χ1v) is 5.66. The topological polar surface area (TPSA) is 38.7 Å². The molecule has 1 rings (SSSR count). The zero-order valence-electron chi connectivity index (χ0n) is 9.37. The number of rotatable bonds is 5. The quantitative estimate of drug-likeness (QED) is 0.904. The number of hydrogen-bond acceptors (Lipinski definition) is 3. The molecular formula is C12H15BrO3. The molecule has 0 bridgehead atoms. The van der Waals surface area contributed by atoms with Crippen LogP contribution in [0.1, 0.15) is 18.6 Å². The lowest BCUT2D eigenvalue weighted by atomic mass is 10.1. The molecular weight excluding hydrogens is 272 g/mol. The van der Waals surface area contributed by atoms with Gasteiger partial charge in [0.2, 0.25) is 0 Å². The lowest BCUT2D eigenvalue weighted by Gasteiger charge is -2.14. The minimum atomic E-state index is -0.579. The zero-order chi connectivity index (χ0) is 12.1. The second kappa shape index (κ2) is 5.92. The number of halogens is 1. The van der Waals surface area contributed by atoms with E-state index in [1.54, 1.807) is 32.2 Å². The Balaban J connectivity index is 2.95. The van der Waals surface area contributed by atoms with Gasteiger partial charge in [0.05, 0.1) is 13.2 Å². The molecule has 0 aliphatic carbocycles. The fraction of sp³-hybridized carbons (Fsp3) is 0.333. The molecule has 0 fully saturated rings. The number of aliphatic hydroxyl groups excluding tert-OH is 1. The van der Waals surface area contributed by atoms with E-state index in [4.69, 9.17) is 9.47 Å². The minimum Gasteiger partial charge on any atom is -0.497 e. The van der Waals surface area contributed by atoms with Crippen LogP contribution in [0.15, 0.2) is 29.3 Å². The normalized spacial score (nSPS) is 12.0. The van der Waals surface area contributed by atoms with Crippen molar-refractivity contribution in [2.45, 2.75) is 13.0 Å². The summed E-state index contributed by atoms with van der Waals surface area (Å²) in [7, 11) is 1.59. The Morgan fingerprint density at radius 3 is 2.75 bits per heavy atom. The van der Waals surface area contributed by atoms with E-state index in [1.165, 1.54) is 0 Å². The van der Waals surface area contributed by atoms with Crippen LogP contribution in [0.3, 0.4) is 0 Å². The van der Waals surface area contributed by atoms with E-state index in [2.05, 4.69) is 22.5 Å². The Bertz CT molecular complexity index is 375. The number of aliphatic hydroxyl groups is 1. The molecule has 0 spiro atoms.